The standard InChI is InChI=1S/C21H42O3Si/c1-15(2)11-16(3)12-17(4)13-18(5)19(14-20(22)23)24-25(9,10)21(6,7)8/h16-19H,1,11-14H2,2-10H3,(H,22,23)/t16-,17-,18+,19?/m1/s1. The number of allylic oxidation sites excluding steroid dienone is 1. The van der Waals surface area contributed by atoms with Crippen LogP contribution in [-0.2, 0) is 9.22 Å². The van der Waals surface area contributed by atoms with Crippen molar-refractivity contribution in [3.8, 4) is 0 Å². The molecule has 0 aromatic carbocycles. The lowest BCUT2D eigenvalue weighted by Crippen LogP contribution is -2.46. The van der Waals surface area contributed by atoms with Crippen molar-refractivity contribution in [3.63, 3.8) is 0 Å². The maximum absolute atomic E-state index is 11.4. The predicted molar refractivity (Wildman–Crippen MR) is 110 cm³/mol. The Kier molecular flexibility index (Phi) is 9.67. The van der Waals surface area contributed by atoms with E-state index in [2.05, 4.69) is 68.1 Å². The van der Waals surface area contributed by atoms with Crippen LogP contribution in [0.4, 0.5) is 0 Å². The zero-order valence-corrected chi connectivity index (χ0v) is 19.1. The quantitative estimate of drug-likeness (QED) is 0.333. The average molecular weight is 371 g/mol. The van der Waals surface area contributed by atoms with E-state index in [0.717, 1.165) is 19.3 Å². The second-order valence-corrected chi connectivity index (χ2v) is 14.6. The van der Waals surface area contributed by atoms with E-state index in [4.69, 9.17) is 4.43 Å². The molecule has 0 aliphatic carbocycles. The third-order valence-electron chi connectivity index (χ3n) is 5.54. The minimum Gasteiger partial charge on any atom is -0.481 e. The fourth-order valence-electron chi connectivity index (χ4n) is 3.33. The number of rotatable bonds is 11. The van der Waals surface area contributed by atoms with E-state index in [0.29, 0.717) is 11.8 Å². The molecule has 0 amide bonds. The van der Waals surface area contributed by atoms with Crippen molar-refractivity contribution in [2.75, 3.05) is 0 Å². The van der Waals surface area contributed by atoms with Crippen molar-refractivity contribution in [1.29, 1.82) is 0 Å². The molecule has 0 bridgehead atoms. The summed E-state index contributed by atoms with van der Waals surface area (Å²) < 4.78 is 6.49. The lowest BCUT2D eigenvalue weighted by molar-refractivity contribution is -0.139. The lowest BCUT2D eigenvalue weighted by Gasteiger charge is -2.41. The predicted octanol–water partition coefficient (Wildman–Crippen LogP) is 6.51. The average Bonchev–Trinajstić information content (AvgIpc) is 2.33. The van der Waals surface area contributed by atoms with Crippen molar-refractivity contribution in [2.24, 2.45) is 17.8 Å². The van der Waals surface area contributed by atoms with Gasteiger partial charge in [0.05, 0.1) is 12.5 Å². The summed E-state index contributed by atoms with van der Waals surface area (Å²) in [5.74, 6) is 0.665. The van der Waals surface area contributed by atoms with Gasteiger partial charge in [-0.05, 0) is 62.1 Å². The Hall–Kier alpha value is -0.613. The molecule has 4 atom stereocenters. The van der Waals surface area contributed by atoms with Crippen LogP contribution in [0.2, 0.25) is 18.1 Å². The second-order valence-electron chi connectivity index (χ2n) is 9.83. The maximum atomic E-state index is 11.4. The number of carboxylic acid groups (broad SMARTS) is 1. The first kappa shape index (κ1) is 24.4. The van der Waals surface area contributed by atoms with E-state index in [1.807, 2.05) is 0 Å². The van der Waals surface area contributed by atoms with Crippen molar-refractivity contribution >= 4 is 14.3 Å². The summed E-state index contributed by atoms with van der Waals surface area (Å²) in [6.45, 7) is 23.8. The number of aliphatic carboxylic acids is 1. The molecule has 0 rings (SSSR count). The Morgan fingerprint density at radius 3 is 2.00 bits per heavy atom. The molecule has 1 unspecified atom stereocenters. The number of carboxylic acids is 1. The monoisotopic (exact) mass is 370 g/mol. The second kappa shape index (κ2) is 9.91. The van der Waals surface area contributed by atoms with Crippen LogP contribution in [0.3, 0.4) is 0 Å². The van der Waals surface area contributed by atoms with Gasteiger partial charge in [-0.2, -0.15) is 0 Å². The molecule has 0 aliphatic rings. The topological polar surface area (TPSA) is 46.5 Å². The van der Waals surface area contributed by atoms with Crippen LogP contribution in [0.15, 0.2) is 12.2 Å². The van der Waals surface area contributed by atoms with Crippen LogP contribution in [0.25, 0.3) is 0 Å². The molecule has 0 aromatic heterocycles. The molecule has 4 heteroatoms. The number of hydrogen-bond donors (Lipinski definition) is 1. The van der Waals surface area contributed by atoms with Gasteiger partial charge in [-0.1, -0.05) is 47.1 Å². The fraction of sp³-hybridized carbons (Fsp3) is 0.857. The molecule has 1 N–H and O–H groups in total. The normalized spacial score (nSPS) is 17.6. The van der Waals surface area contributed by atoms with Gasteiger partial charge in [0.25, 0.3) is 0 Å². The summed E-state index contributed by atoms with van der Waals surface area (Å²) in [5.41, 5.74) is 1.23. The van der Waals surface area contributed by atoms with E-state index < -0.39 is 14.3 Å². The van der Waals surface area contributed by atoms with Gasteiger partial charge in [-0.25, -0.2) is 0 Å². The molecule has 3 nitrogen and oxygen atoms in total. The highest BCUT2D eigenvalue weighted by Gasteiger charge is 2.40. The highest BCUT2D eigenvalue weighted by Crippen LogP contribution is 2.39. The molecule has 0 fully saturated rings. The molecule has 0 saturated heterocycles. The van der Waals surface area contributed by atoms with Gasteiger partial charge >= 0.3 is 5.97 Å². The molecule has 0 aromatic rings. The van der Waals surface area contributed by atoms with E-state index in [-0.39, 0.29) is 23.5 Å². The van der Waals surface area contributed by atoms with Crippen molar-refractivity contribution in [1.82, 2.24) is 0 Å². The van der Waals surface area contributed by atoms with Crippen LogP contribution in [0.1, 0.15) is 74.1 Å². The van der Waals surface area contributed by atoms with Gasteiger partial charge in [0.2, 0.25) is 0 Å². The third kappa shape index (κ3) is 9.60. The van der Waals surface area contributed by atoms with E-state index in [9.17, 15) is 9.90 Å². The summed E-state index contributed by atoms with van der Waals surface area (Å²) in [5, 5.41) is 9.43. The van der Waals surface area contributed by atoms with Gasteiger partial charge in [0.1, 0.15) is 0 Å². The first-order chi connectivity index (χ1) is 11.2. The summed E-state index contributed by atoms with van der Waals surface area (Å²) in [6, 6.07) is 0. The molecule has 0 radical (unpaired) electrons. The number of hydrogen-bond acceptors (Lipinski definition) is 2. The first-order valence-electron chi connectivity index (χ1n) is 9.69. The molecule has 0 aliphatic heterocycles. The maximum Gasteiger partial charge on any atom is 0.305 e. The molecule has 25 heavy (non-hydrogen) atoms. The summed E-state index contributed by atoms with van der Waals surface area (Å²) in [6.07, 6.45) is 3.13. The Balaban J connectivity index is 4.92. The Bertz CT molecular complexity index is 437. The van der Waals surface area contributed by atoms with Crippen LogP contribution >= 0.6 is 0 Å². The highest BCUT2D eigenvalue weighted by atomic mass is 28.4. The highest BCUT2D eigenvalue weighted by molar-refractivity contribution is 6.74. The van der Waals surface area contributed by atoms with Gasteiger partial charge in [-0.15, -0.1) is 6.58 Å². The van der Waals surface area contributed by atoms with E-state index >= 15 is 0 Å². The molecular formula is C21H42O3Si. The summed E-state index contributed by atoms with van der Waals surface area (Å²) >= 11 is 0. The van der Waals surface area contributed by atoms with Crippen molar-refractivity contribution in [3.05, 3.63) is 12.2 Å². The largest absolute Gasteiger partial charge is 0.481 e. The van der Waals surface area contributed by atoms with Gasteiger partial charge in [0.15, 0.2) is 8.32 Å². The van der Waals surface area contributed by atoms with Crippen LogP contribution in [-0.4, -0.2) is 25.5 Å². The van der Waals surface area contributed by atoms with Crippen LogP contribution < -0.4 is 0 Å². The third-order valence-corrected chi connectivity index (χ3v) is 10.0. The molecule has 0 saturated carbocycles. The summed E-state index contributed by atoms with van der Waals surface area (Å²) in [7, 11) is -1.98. The zero-order valence-electron chi connectivity index (χ0n) is 18.1. The van der Waals surface area contributed by atoms with E-state index in [1.54, 1.807) is 0 Å². The molecule has 0 spiro atoms. The Morgan fingerprint density at radius 2 is 1.60 bits per heavy atom. The van der Waals surface area contributed by atoms with E-state index in [1.165, 1.54) is 5.57 Å². The van der Waals surface area contributed by atoms with Crippen molar-refractivity contribution < 1.29 is 14.3 Å². The van der Waals surface area contributed by atoms with Gasteiger partial charge in [-0.3, -0.25) is 4.79 Å². The minimum absolute atomic E-state index is 0.0884. The first-order valence-corrected chi connectivity index (χ1v) is 12.6. The summed E-state index contributed by atoms with van der Waals surface area (Å²) in [4.78, 5) is 11.4. The fourth-order valence-corrected chi connectivity index (χ4v) is 4.76. The lowest BCUT2D eigenvalue weighted by atomic mass is 9.85. The molecular weight excluding hydrogens is 328 g/mol. The zero-order chi connectivity index (χ0) is 20.0. The molecule has 148 valence electrons. The number of carbonyl (C=O) groups is 1. The van der Waals surface area contributed by atoms with Gasteiger partial charge < -0.3 is 9.53 Å². The van der Waals surface area contributed by atoms with Crippen molar-refractivity contribution in [2.45, 2.75) is 98.4 Å². The SMILES string of the molecule is C=C(C)C[C@@H](C)C[C@@H](C)C[C@H](C)C(CC(=O)O)O[Si](C)(C)C(C)(C)C. The minimum atomic E-state index is -1.98. The smallest absolute Gasteiger partial charge is 0.305 e. The van der Waals surface area contributed by atoms with Crippen LogP contribution in [0.5, 0.6) is 0 Å². The Labute approximate surface area is 157 Å². The van der Waals surface area contributed by atoms with Gasteiger partial charge in [0, 0.05) is 0 Å². The Morgan fingerprint density at radius 1 is 1.08 bits per heavy atom. The molecule has 0 heterocycles. The van der Waals surface area contributed by atoms with Crippen LogP contribution in [0, 0.1) is 17.8 Å².